The van der Waals surface area contributed by atoms with Crippen LogP contribution in [0, 0.1) is 0 Å². The molecule has 42 valence electrons. The van der Waals surface area contributed by atoms with Crippen LogP contribution in [0.5, 0.6) is 0 Å². The van der Waals surface area contributed by atoms with Gasteiger partial charge in [-0.15, -0.1) is 0 Å². The van der Waals surface area contributed by atoms with Crippen molar-refractivity contribution < 1.29 is 13.2 Å². The van der Waals surface area contributed by atoms with Gasteiger partial charge >= 0.3 is 0 Å². The van der Waals surface area contributed by atoms with E-state index in [1.807, 2.05) is 0 Å². The van der Waals surface area contributed by atoms with Gasteiger partial charge in [0, 0.05) is 5.57 Å². The van der Waals surface area contributed by atoms with Crippen LogP contribution in [0.3, 0.4) is 0 Å². The van der Waals surface area contributed by atoms with Gasteiger partial charge in [-0.2, -0.15) is 8.78 Å². The number of alkyl halides is 1. The maximum atomic E-state index is 11.1. The zero-order valence-corrected chi connectivity index (χ0v) is 3.84. The molecule has 0 nitrogen and oxygen atoms in total. The molecule has 0 aromatic rings. The predicted octanol–water partition coefficient (Wildman–Crippen LogP) is 2.13. The van der Waals surface area contributed by atoms with Gasteiger partial charge in [0.05, 0.1) is 0 Å². The Labute approximate surface area is 39.6 Å². The second-order valence-electron chi connectivity index (χ2n) is 1.17. The summed E-state index contributed by atoms with van der Waals surface area (Å²) in [5.74, 6) is 0. The van der Waals surface area contributed by atoms with Crippen molar-refractivity contribution >= 4 is 0 Å². The predicted molar refractivity (Wildman–Crippen MR) is 20.9 cm³/mol. The lowest BCUT2D eigenvalue weighted by Gasteiger charge is -1.84. The average molecular weight is 110 g/mol. The Morgan fingerprint density at radius 2 is 1.86 bits per heavy atom. The van der Waals surface area contributed by atoms with Crippen molar-refractivity contribution in [3.05, 3.63) is 11.7 Å². The van der Waals surface area contributed by atoms with E-state index >= 15 is 0 Å². The first-order chi connectivity index (χ1) is 3.18. The number of halogens is 3. The minimum Gasteiger partial charge on any atom is -0.246 e. The number of rotatable bonds is 1. The third-order valence-corrected chi connectivity index (χ3v) is 0.523. The van der Waals surface area contributed by atoms with Crippen LogP contribution in [0.15, 0.2) is 11.7 Å². The molecule has 0 aliphatic carbocycles. The summed E-state index contributed by atoms with van der Waals surface area (Å²) >= 11 is 0. The van der Waals surface area contributed by atoms with Crippen LogP contribution in [-0.2, 0) is 0 Å². The molecule has 0 aliphatic rings. The number of hydrogen-bond acceptors (Lipinski definition) is 0. The molecule has 0 rings (SSSR count). The summed E-state index contributed by atoms with van der Waals surface area (Å²) in [5.41, 5.74) is -0.486. The Hall–Kier alpha value is -0.470. The lowest BCUT2D eigenvalue weighted by molar-refractivity contribution is 0.396. The van der Waals surface area contributed by atoms with E-state index in [0.29, 0.717) is 0 Å². The first-order valence-electron chi connectivity index (χ1n) is 1.75. The first-order valence-corrected chi connectivity index (χ1v) is 1.75. The topological polar surface area (TPSA) is 0 Å². The van der Waals surface area contributed by atoms with Crippen molar-refractivity contribution in [3.8, 4) is 0 Å². The van der Waals surface area contributed by atoms with E-state index in [0.717, 1.165) is 6.92 Å². The zero-order valence-electron chi connectivity index (χ0n) is 3.84. The van der Waals surface area contributed by atoms with Crippen LogP contribution in [0.1, 0.15) is 6.92 Å². The van der Waals surface area contributed by atoms with Gasteiger partial charge in [-0.1, -0.05) is 0 Å². The maximum absolute atomic E-state index is 11.1. The molecule has 0 N–H and O–H groups in total. The van der Waals surface area contributed by atoms with E-state index in [1.54, 1.807) is 0 Å². The Morgan fingerprint density at radius 3 is 1.86 bits per heavy atom. The van der Waals surface area contributed by atoms with Crippen LogP contribution in [0.25, 0.3) is 0 Å². The molecular weight excluding hydrogens is 105 g/mol. The van der Waals surface area contributed by atoms with Crippen molar-refractivity contribution in [1.82, 2.24) is 0 Å². The lowest BCUT2D eigenvalue weighted by Crippen LogP contribution is -1.77. The van der Waals surface area contributed by atoms with Gasteiger partial charge in [0.15, 0.2) is 0 Å². The lowest BCUT2D eigenvalue weighted by atomic mass is 10.4. The first kappa shape index (κ1) is 6.53. The van der Waals surface area contributed by atoms with E-state index in [-0.39, 0.29) is 0 Å². The summed E-state index contributed by atoms with van der Waals surface area (Å²) in [4.78, 5) is 0. The van der Waals surface area contributed by atoms with Gasteiger partial charge in [0.1, 0.15) is 6.67 Å². The Kier molecular flexibility index (Phi) is 2.48. The number of hydrogen-bond donors (Lipinski definition) is 0. The van der Waals surface area contributed by atoms with Crippen LogP contribution in [-0.4, -0.2) is 6.67 Å². The molecule has 0 saturated heterocycles. The fourth-order valence-corrected chi connectivity index (χ4v) is 0.0505. The molecule has 0 fully saturated rings. The van der Waals surface area contributed by atoms with Gasteiger partial charge in [-0.25, -0.2) is 4.39 Å². The van der Waals surface area contributed by atoms with Crippen LogP contribution < -0.4 is 0 Å². The number of allylic oxidation sites excluding steroid dienone is 1. The highest BCUT2D eigenvalue weighted by Gasteiger charge is 1.95. The summed E-state index contributed by atoms with van der Waals surface area (Å²) in [7, 11) is 0. The minimum atomic E-state index is -1.91. The van der Waals surface area contributed by atoms with Crippen molar-refractivity contribution in [2.75, 3.05) is 6.67 Å². The average Bonchev–Trinajstić information content (AvgIpc) is 1.65. The molecule has 0 radical (unpaired) electrons. The maximum Gasteiger partial charge on any atom is 0.271 e. The second-order valence-corrected chi connectivity index (χ2v) is 1.17. The SMILES string of the molecule is CC(CF)=C(F)F. The van der Waals surface area contributed by atoms with Crippen LogP contribution >= 0.6 is 0 Å². The quantitative estimate of drug-likeness (QED) is 0.485. The summed E-state index contributed by atoms with van der Waals surface area (Å²) in [6.45, 7) is -0.00231. The van der Waals surface area contributed by atoms with E-state index in [2.05, 4.69) is 0 Å². The molecule has 0 atom stereocenters. The van der Waals surface area contributed by atoms with E-state index < -0.39 is 18.3 Å². The molecule has 0 aromatic heterocycles. The second kappa shape index (κ2) is 2.66. The fourth-order valence-electron chi connectivity index (χ4n) is 0.0505. The largest absolute Gasteiger partial charge is 0.271 e. The molecule has 7 heavy (non-hydrogen) atoms. The Balaban J connectivity index is 3.72. The Bertz CT molecular complexity index is 80.9. The minimum absolute atomic E-state index is 0.486. The molecule has 0 aromatic carbocycles. The van der Waals surface area contributed by atoms with Crippen LogP contribution in [0.2, 0.25) is 0 Å². The molecular formula is C4H5F3. The molecule has 0 unspecified atom stereocenters. The zero-order chi connectivity index (χ0) is 5.86. The van der Waals surface area contributed by atoms with Gasteiger partial charge in [-0.3, -0.25) is 0 Å². The third-order valence-electron chi connectivity index (χ3n) is 0.523. The van der Waals surface area contributed by atoms with E-state index in [4.69, 9.17) is 0 Å². The molecule has 0 spiro atoms. The monoisotopic (exact) mass is 110 g/mol. The summed E-state index contributed by atoms with van der Waals surface area (Å²) < 4.78 is 33.2. The van der Waals surface area contributed by atoms with Gasteiger partial charge in [-0.05, 0) is 6.92 Å². The highest BCUT2D eigenvalue weighted by atomic mass is 19.3. The smallest absolute Gasteiger partial charge is 0.246 e. The van der Waals surface area contributed by atoms with Gasteiger partial charge < -0.3 is 0 Å². The van der Waals surface area contributed by atoms with Crippen molar-refractivity contribution in [2.45, 2.75) is 6.92 Å². The molecule has 3 heteroatoms. The summed E-state index contributed by atoms with van der Waals surface area (Å²) in [6.07, 6.45) is -1.91. The molecule has 0 amide bonds. The molecule has 0 saturated carbocycles. The van der Waals surface area contributed by atoms with Gasteiger partial charge in [0.2, 0.25) is 0 Å². The standard InChI is InChI=1S/C4H5F3/c1-3(2-5)4(6)7/h2H2,1H3. The summed E-state index contributed by atoms with van der Waals surface area (Å²) in [5, 5.41) is 0. The Morgan fingerprint density at radius 1 is 1.43 bits per heavy atom. The van der Waals surface area contributed by atoms with Crippen molar-refractivity contribution in [3.63, 3.8) is 0 Å². The van der Waals surface area contributed by atoms with Crippen molar-refractivity contribution in [2.24, 2.45) is 0 Å². The van der Waals surface area contributed by atoms with E-state index in [9.17, 15) is 13.2 Å². The third kappa shape index (κ3) is 2.25. The fraction of sp³-hybridized carbons (Fsp3) is 0.500. The highest BCUT2D eigenvalue weighted by Crippen LogP contribution is 2.05. The molecule has 0 heterocycles. The van der Waals surface area contributed by atoms with Crippen molar-refractivity contribution in [1.29, 1.82) is 0 Å². The molecule has 0 aliphatic heterocycles. The van der Waals surface area contributed by atoms with Crippen LogP contribution in [0.4, 0.5) is 13.2 Å². The summed E-state index contributed by atoms with van der Waals surface area (Å²) in [6, 6.07) is 0. The highest BCUT2D eigenvalue weighted by molar-refractivity contribution is 4.97. The normalized spacial score (nSPS) is 8.57. The van der Waals surface area contributed by atoms with E-state index in [1.165, 1.54) is 0 Å². The van der Waals surface area contributed by atoms with Gasteiger partial charge in [0.25, 0.3) is 6.08 Å². The molecule has 0 bridgehead atoms.